The molecule has 0 aliphatic heterocycles. The molecule has 0 aliphatic rings. The summed E-state index contributed by atoms with van der Waals surface area (Å²) in [4.78, 5) is 20.7. The zero-order valence-corrected chi connectivity index (χ0v) is 13.9. The molecule has 25 heavy (non-hydrogen) atoms. The van der Waals surface area contributed by atoms with Crippen molar-refractivity contribution in [3.8, 4) is 11.3 Å². The van der Waals surface area contributed by atoms with Gasteiger partial charge in [0, 0.05) is 31.0 Å². The molecule has 2 N–H and O–H groups in total. The van der Waals surface area contributed by atoms with E-state index in [1.54, 1.807) is 18.5 Å². The molecule has 0 aliphatic carbocycles. The van der Waals surface area contributed by atoms with Crippen LogP contribution in [-0.4, -0.2) is 29.0 Å². The maximum absolute atomic E-state index is 12.1. The minimum Gasteiger partial charge on any atom is -0.370 e. The quantitative estimate of drug-likeness (QED) is 0.651. The second-order valence-electron chi connectivity index (χ2n) is 5.55. The van der Waals surface area contributed by atoms with E-state index in [-0.39, 0.29) is 5.91 Å². The molecule has 0 atom stereocenters. The van der Waals surface area contributed by atoms with Crippen LogP contribution in [0.5, 0.6) is 0 Å². The SMILES string of the molecule is O=C(NCCCNc1ccccn1)c1ccc(-c2ccccc2)nc1. The Hall–Kier alpha value is -3.21. The Labute approximate surface area is 147 Å². The maximum atomic E-state index is 12.1. The summed E-state index contributed by atoms with van der Waals surface area (Å²) in [5, 5.41) is 6.11. The molecule has 2 heterocycles. The van der Waals surface area contributed by atoms with Crippen molar-refractivity contribution < 1.29 is 4.79 Å². The van der Waals surface area contributed by atoms with Gasteiger partial charge in [-0.2, -0.15) is 0 Å². The molecule has 5 heteroatoms. The molecule has 5 nitrogen and oxygen atoms in total. The van der Waals surface area contributed by atoms with Crippen molar-refractivity contribution in [1.82, 2.24) is 15.3 Å². The number of pyridine rings is 2. The summed E-state index contributed by atoms with van der Waals surface area (Å²) in [5.41, 5.74) is 2.46. The van der Waals surface area contributed by atoms with E-state index in [0.717, 1.165) is 30.0 Å². The van der Waals surface area contributed by atoms with Gasteiger partial charge in [-0.1, -0.05) is 36.4 Å². The van der Waals surface area contributed by atoms with Crippen molar-refractivity contribution in [1.29, 1.82) is 0 Å². The highest BCUT2D eigenvalue weighted by molar-refractivity contribution is 5.94. The molecule has 0 radical (unpaired) electrons. The number of rotatable bonds is 7. The topological polar surface area (TPSA) is 66.9 Å². The lowest BCUT2D eigenvalue weighted by atomic mass is 10.1. The number of hydrogen-bond donors (Lipinski definition) is 2. The number of benzene rings is 1. The van der Waals surface area contributed by atoms with Crippen LogP contribution in [0.4, 0.5) is 5.82 Å². The van der Waals surface area contributed by atoms with Crippen LogP contribution >= 0.6 is 0 Å². The van der Waals surface area contributed by atoms with Gasteiger partial charge in [0.1, 0.15) is 5.82 Å². The smallest absolute Gasteiger partial charge is 0.252 e. The minimum atomic E-state index is -0.107. The molecule has 0 saturated carbocycles. The van der Waals surface area contributed by atoms with E-state index in [4.69, 9.17) is 0 Å². The standard InChI is InChI=1S/C20H20N4O/c25-20(23-14-6-13-22-19-9-4-5-12-21-19)17-10-11-18(24-15-17)16-7-2-1-3-8-16/h1-5,7-12,15H,6,13-14H2,(H,21,22)(H,23,25). The van der Waals surface area contributed by atoms with Crippen LogP contribution in [0.1, 0.15) is 16.8 Å². The Bertz CT molecular complexity index is 789. The van der Waals surface area contributed by atoms with Crippen LogP contribution in [0.3, 0.4) is 0 Å². The molecule has 126 valence electrons. The fourth-order valence-electron chi connectivity index (χ4n) is 2.38. The first-order valence-corrected chi connectivity index (χ1v) is 8.27. The Balaban J connectivity index is 1.44. The van der Waals surface area contributed by atoms with Crippen molar-refractivity contribution >= 4 is 11.7 Å². The average Bonchev–Trinajstić information content (AvgIpc) is 2.69. The highest BCUT2D eigenvalue weighted by Gasteiger charge is 2.06. The second-order valence-corrected chi connectivity index (χ2v) is 5.55. The lowest BCUT2D eigenvalue weighted by molar-refractivity contribution is 0.0953. The van der Waals surface area contributed by atoms with Gasteiger partial charge in [-0.15, -0.1) is 0 Å². The van der Waals surface area contributed by atoms with Gasteiger partial charge in [-0.3, -0.25) is 9.78 Å². The Morgan fingerprint density at radius 1 is 0.880 bits per heavy atom. The predicted octanol–water partition coefficient (Wildman–Crippen LogP) is 3.38. The lowest BCUT2D eigenvalue weighted by Crippen LogP contribution is -2.26. The summed E-state index contributed by atoms with van der Waals surface area (Å²) in [7, 11) is 0. The first kappa shape index (κ1) is 16.6. The van der Waals surface area contributed by atoms with Crippen LogP contribution in [0.25, 0.3) is 11.3 Å². The third kappa shape index (κ3) is 4.88. The van der Waals surface area contributed by atoms with Gasteiger partial charge in [-0.05, 0) is 30.7 Å². The van der Waals surface area contributed by atoms with Crippen LogP contribution in [0.2, 0.25) is 0 Å². The summed E-state index contributed by atoms with van der Waals surface area (Å²) in [6.07, 6.45) is 4.18. The van der Waals surface area contributed by atoms with E-state index >= 15 is 0 Å². The van der Waals surface area contributed by atoms with E-state index in [0.29, 0.717) is 12.1 Å². The summed E-state index contributed by atoms with van der Waals surface area (Å²) in [6, 6.07) is 19.3. The van der Waals surface area contributed by atoms with Gasteiger partial charge >= 0.3 is 0 Å². The van der Waals surface area contributed by atoms with Crippen LogP contribution in [0.15, 0.2) is 73.1 Å². The van der Waals surface area contributed by atoms with Crippen LogP contribution in [-0.2, 0) is 0 Å². The van der Waals surface area contributed by atoms with Gasteiger partial charge in [0.15, 0.2) is 0 Å². The van der Waals surface area contributed by atoms with E-state index < -0.39 is 0 Å². The molecular formula is C20H20N4O. The fourth-order valence-corrected chi connectivity index (χ4v) is 2.38. The van der Waals surface area contributed by atoms with Crippen LogP contribution < -0.4 is 10.6 Å². The van der Waals surface area contributed by atoms with Crippen molar-refractivity contribution in [2.45, 2.75) is 6.42 Å². The van der Waals surface area contributed by atoms with Crippen molar-refractivity contribution in [3.63, 3.8) is 0 Å². The van der Waals surface area contributed by atoms with E-state index in [1.807, 2.05) is 54.6 Å². The Morgan fingerprint density at radius 3 is 2.44 bits per heavy atom. The molecule has 0 bridgehead atoms. The van der Waals surface area contributed by atoms with Gasteiger partial charge in [0.2, 0.25) is 0 Å². The highest BCUT2D eigenvalue weighted by Crippen LogP contribution is 2.16. The van der Waals surface area contributed by atoms with Gasteiger partial charge in [0.25, 0.3) is 5.91 Å². The lowest BCUT2D eigenvalue weighted by Gasteiger charge is -2.07. The zero-order chi connectivity index (χ0) is 17.3. The molecule has 3 aromatic rings. The first-order chi connectivity index (χ1) is 12.3. The van der Waals surface area contributed by atoms with Crippen LogP contribution in [0, 0.1) is 0 Å². The number of carbonyl (C=O) groups excluding carboxylic acids is 1. The molecule has 0 saturated heterocycles. The summed E-state index contributed by atoms with van der Waals surface area (Å²) < 4.78 is 0. The van der Waals surface area contributed by atoms with E-state index in [9.17, 15) is 4.79 Å². The molecular weight excluding hydrogens is 312 g/mol. The first-order valence-electron chi connectivity index (χ1n) is 8.27. The van der Waals surface area contributed by atoms with Crippen molar-refractivity contribution in [2.24, 2.45) is 0 Å². The minimum absolute atomic E-state index is 0.107. The van der Waals surface area contributed by atoms with E-state index in [1.165, 1.54) is 0 Å². The number of amides is 1. The molecule has 1 amide bonds. The Morgan fingerprint density at radius 2 is 1.72 bits per heavy atom. The molecule has 3 rings (SSSR count). The summed E-state index contributed by atoms with van der Waals surface area (Å²) in [6.45, 7) is 1.35. The number of anilines is 1. The van der Waals surface area contributed by atoms with E-state index in [2.05, 4.69) is 20.6 Å². The second kappa shape index (κ2) is 8.59. The van der Waals surface area contributed by atoms with Crippen molar-refractivity contribution in [2.75, 3.05) is 18.4 Å². The number of hydrogen-bond acceptors (Lipinski definition) is 4. The van der Waals surface area contributed by atoms with Gasteiger partial charge in [-0.25, -0.2) is 4.98 Å². The number of carbonyl (C=O) groups is 1. The third-order valence-corrected chi connectivity index (χ3v) is 3.71. The molecule has 0 spiro atoms. The zero-order valence-electron chi connectivity index (χ0n) is 13.9. The maximum Gasteiger partial charge on any atom is 0.252 e. The molecule has 0 fully saturated rings. The van der Waals surface area contributed by atoms with Gasteiger partial charge in [0.05, 0.1) is 11.3 Å². The predicted molar refractivity (Wildman–Crippen MR) is 99.3 cm³/mol. The van der Waals surface area contributed by atoms with Gasteiger partial charge < -0.3 is 10.6 Å². The van der Waals surface area contributed by atoms with Crippen molar-refractivity contribution in [3.05, 3.63) is 78.6 Å². The number of aromatic nitrogens is 2. The monoisotopic (exact) mass is 332 g/mol. The number of nitrogens with one attached hydrogen (secondary N) is 2. The number of nitrogens with zero attached hydrogens (tertiary/aromatic N) is 2. The molecule has 1 aromatic carbocycles. The highest BCUT2D eigenvalue weighted by atomic mass is 16.1. The molecule has 0 unspecified atom stereocenters. The molecule has 2 aromatic heterocycles. The largest absolute Gasteiger partial charge is 0.370 e. The summed E-state index contributed by atoms with van der Waals surface area (Å²) >= 11 is 0. The third-order valence-electron chi connectivity index (χ3n) is 3.71. The average molecular weight is 332 g/mol. The normalized spacial score (nSPS) is 10.2. The Kier molecular flexibility index (Phi) is 5.72. The fraction of sp³-hybridized carbons (Fsp3) is 0.150. The summed E-state index contributed by atoms with van der Waals surface area (Å²) in [5.74, 6) is 0.736.